The number of carbonyl (C=O) groups excluding carboxylic acids is 1. The van der Waals surface area contributed by atoms with E-state index in [9.17, 15) is 18.7 Å². The SMILES string of the molecule is Cc1cc(-c2nnn(C[C@H]3CC[C@H](CO)CC3)n2)cc(C(=O)NCc2ccc(F)c(F)c2)n1. The van der Waals surface area contributed by atoms with Crippen LogP contribution in [0.5, 0.6) is 0 Å². The van der Waals surface area contributed by atoms with Crippen molar-refractivity contribution in [2.45, 2.75) is 45.7 Å². The van der Waals surface area contributed by atoms with Crippen LogP contribution in [-0.2, 0) is 13.1 Å². The molecule has 10 heteroatoms. The molecule has 0 saturated heterocycles. The van der Waals surface area contributed by atoms with Gasteiger partial charge in [-0.25, -0.2) is 13.8 Å². The van der Waals surface area contributed by atoms with Crippen LogP contribution in [0.2, 0.25) is 0 Å². The van der Waals surface area contributed by atoms with Crippen molar-refractivity contribution >= 4 is 5.91 Å². The molecule has 1 fully saturated rings. The summed E-state index contributed by atoms with van der Waals surface area (Å²) >= 11 is 0. The standard InChI is InChI=1S/C23H26F2N6O2/c1-14-8-18(22-28-30-31(29-22)12-15-2-4-16(13-32)5-3-15)10-21(27-14)23(33)26-11-17-6-7-19(24)20(25)9-17/h6-10,15-16,32H,2-5,11-13H2,1H3,(H,26,33)/t15-,16-. The minimum Gasteiger partial charge on any atom is -0.396 e. The summed E-state index contributed by atoms with van der Waals surface area (Å²) in [5, 5.41) is 24.7. The first-order valence-corrected chi connectivity index (χ1v) is 11.0. The lowest BCUT2D eigenvalue weighted by atomic mass is 9.82. The molecule has 1 amide bonds. The van der Waals surface area contributed by atoms with Crippen LogP contribution in [0.3, 0.4) is 0 Å². The van der Waals surface area contributed by atoms with Crippen LogP contribution in [0, 0.1) is 30.4 Å². The summed E-state index contributed by atoms with van der Waals surface area (Å²) in [6, 6.07) is 6.84. The third kappa shape index (κ3) is 5.75. The monoisotopic (exact) mass is 456 g/mol. The quantitative estimate of drug-likeness (QED) is 0.566. The van der Waals surface area contributed by atoms with E-state index in [1.54, 1.807) is 23.9 Å². The number of tetrazole rings is 1. The molecule has 0 bridgehead atoms. The molecule has 2 aromatic heterocycles. The van der Waals surface area contributed by atoms with E-state index in [1.807, 2.05) is 0 Å². The van der Waals surface area contributed by atoms with Crippen molar-refractivity contribution in [2.24, 2.45) is 11.8 Å². The molecular weight excluding hydrogens is 430 g/mol. The summed E-state index contributed by atoms with van der Waals surface area (Å²) in [6.07, 6.45) is 4.07. The van der Waals surface area contributed by atoms with Gasteiger partial charge in [0.2, 0.25) is 5.82 Å². The highest BCUT2D eigenvalue weighted by Gasteiger charge is 2.22. The van der Waals surface area contributed by atoms with Crippen molar-refractivity contribution < 1.29 is 18.7 Å². The minimum absolute atomic E-state index is 0.0357. The molecule has 0 spiro atoms. The highest BCUT2D eigenvalue weighted by atomic mass is 19.2. The number of hydrogen-bond donors (Lipinski definition) is 2. The van der Waals surface area contributed by atoms with Crippen LogP contribution in [0.15, 0.2) is 30.3 Å². The second-order valence-electron chi connectivity index (χ2n) is 8.55. The van der Waals surface area contributed by atoms with Crippen molar-refractivity contribution in [1.82, 2.24) is 30.5 Å². The zero-order valence-corrected chi connectivity index (χ0v) is 18.3. The normalized spacial score (nSPS) is 18.3. The number of aliphatic hydroxyl groups excluding tert-OH is 1. The van der Waals surface area contributed by atoms with Crippen LogP contribution < -0.4 is 5.32 Å². The Kier molecular flexibility index (Phi) is 7.02. The zero-order chi connectivity index (χ0) is 23.4. The zero-order valence-electron chi connectivity index (χ0n) is 18.3. The molecule has 0 aliphatic heterocycles. The highest BCUT2D eigenvalue weighted by Crippen LogP contribution is 2.29. The molecule has 1 saturated carbocycles. The Morgan fingerprint density at radius 2 is 1.88 bits per heavy atom. The van der Waals surface area contributed by atoms with Crippen molar-refractivity contribution in [2.75, 3.05) is 6.61 Å². The lowest BCUT2D eigenvalue weighted by Crippen LogP contribution is -2.24. The summed E-state index contributed by atoms with van der Waals surface area (Å²) in [7, 11) is 0. The van der Waals surface area contributed by atoms with Crippen LogP contribution in [0.25, 0.3) is 11.4 Å². The molecule has 4 rings (SSSR count). The van der Waals surface area contributed by atoms with Gasteiger partial charge in [0.1, 0.15) is 5.69 Å². The molecule has 174 valence electrons. The van der Waals surface area contributed by atoms with Gasteiger partial charge in [-0.15, -0.1) is 10.2 Å². The summed E-state index contributed by atoms with van der Waals surface area (Å²) in [6.45, 7) is 2.71. The van der Waals surface area contributed by atoms with E-state index in [0.717, 1.165) is 37.8 Å². The van der Waals surface area contributed by atoms with Gasteiger partial charge in [0, 0.05) is 24.4 Å². The van der Waals surface area contributed by atoms with Gasteiger partial charge >= 0.3 is 0 Å². The number of aromatic nitrogens is 5. The Bertz CT molecular complexity index is 1130. The van der Waals surface area contributed by atoms with Crippen molar-refractivity contribution in [1.29, 1.82) is 0 Å². The smallest absolute Gasteiger partial charge is 0.270 e. The maximum atomic E-state index is 13.4. The van der Waals surface area contributed by atoms with Crippen LogP contribution in [0.4, 0.5) is 8.78 Å². The first kappa shape index (κ1) is 22.9. The van der Waals surface area contributed by atoms with Gasteiger partial charge in [0.15, 0.2) is 11.6 Å². The second-order valence-corrected chi connectivity index (χ2v) is 8.55. The third-order valence-corrected chi connectivity index (χ3v) is 5.98. The molecule has 0 unspecified atom stereocenters. The Hall–Kier alpha value is -3.27. The number of nitrogens with zero attached hydrogens (tertiary/aromatic N) is 5. The molecule has 1 aromatic carbocycles. The van der Waals surface area contributed by atoms with E-state index < -0.39 is 17.5 Å². The summed E-state index contributed by atoms with van der Waals surface area (Å²) in [5.41, 5.74) is 1.85. The van der Waals surface area contributed by atoms with Crippen molar-refractivity contribution in [3.63, 3.8) is 0 Å². The number of pyridine rings is 1. The fourth-order valence-corrected chi connectivity index (χ4v) is 4.10. The molecule has 1 aliphatic carbocycles. The minimum atomic E-state index is -0.965. The van der Waals surface area contributed by atoms with Crippen LogP contribution in [0.1, 0.15) is 47.4 Å². The molecule has 33 heavy (non-hydrogen) atoms. The Balaban J connectivity index is 1.41. The molecule has 3 aromatic rings. The predicted octanol–water partition coefficient (Wildman–Crippen LogP) is 3.05. The average molecular weight is 456 g/mol. The van der Waals surface area contributed by atoms with Gasteiger partial charge in [-0.2, -0.15) is 4.80 Å². The molecule has 8 nitrogen and oxygen atoms in total. The number of carbonyl (C=O) groups is 1. The number of rotatable bonds is 7. The Labute approximate surface area is 190 Å². The largest absolute Gasteiger partial charge is 0.396 e. The second kappa shape index (κ2) is 10.1. The topological polar surface area (TPSA) is 106 Å². The Morgan fingerprint density at radius 1 is 1.12 bits per heavy atom. The van der Waals surface area contributed by atoms with Gasteiger partial charge in [-0.1, -0.05) is 6.07 Å². The fraction of sp³-hybridized carbons (Fsp3) is 0.435. The van der Waals surface area contributed by atoms with E-state index in [0.29, 0.717) is 41.0 Å². The number of halogens is 2. The van der Waals surface area contributed by atoms with E-state index in [-0.39, 0.29) is 18.8 Å². The van der Waals surface area contributed by atoms with Crippen LogP contribution in [-0.4, -0.2) is 42.8 Å². The molecule has 1 aliphatic rings. The first-order valence-electron chi connectivity index (χ1n) is 11.0. The van der Waals surface area contributed by atoms with Gasteiger partial charge in [-0.05, 0) is 79.5 Å². The van der Waals surface area contributed by atoms with Gasteiger partial charge in [-0.3, -0.25) is 4.79 Å². The Morgan fingerprint density at radius 3 is 2.61 bits per heavy atom. The number of nitrogens with one attached hydrogen (secondary N) is 1. The number of aryl methyl sites for hydroxylation is 1. The van der Waals surface area contributed by atoms with Gasteiger partial charge in [0.05, 0.1) is 6.54 Å². The first-order chi connectivity index (χ1) is 15.9. The van der Waals surface area contributed by atoms with Gasteiger partial charge in [0.25, 0.3) is 5.91 Å². The van der Waals surface area contributed by atoms with Crippen molar-refractivity contribution in [3.05, 3.63) is 58.9 Å². The van der Waals surface area contributed by atoms with E-state index in [1.165, 1.54) is 6.07 Å². The van der Waals surface area contributed by atoms with Crippen LogP contribution >= 0.6 is 0 Å². The lowest BCUT2D eigenvalue weighted by Gasteiger charge is -2.26. The predicted molar refractivity (Wildman–Crippen MR) is 116 cm³/mol. The van der Waals surface area contributed by atoms with E-state index >= 15 is 0 Å². The average Bonchev–Trinajstić information content (AvgIpc) is 3.28. The lowest BCUT2D eigenvalue weighted by molar-refractivity contribution is 0.0945. The maximum Gasteiger partial charge on any atom is 0.270 e. The fourth-order valence-electron chi connectivity index (χ4n) is 4.10. The number of aliphatic hydroxyl groups is 1. The maximum absolute atomic E-state index is 13.4. The molecule has 0 atom stereocenters. The van der Waals surface area contributed by atoms with E-state index in [2.05, 4.69) is 25.7 Å². The number of hydrogen-bond acceptors (Lipinski definition) is 6. The molecule has 2 heterocycles. The molecule has 2 N–H and O–H groups in total. The summed E-state index contributed by atoms with van der Waals surface area (Å²) < 4.78 is 26.4. The highest BCUT2D eigenvalue weighted by molar-refractivity contribution is 5.93. The molecule has 0 radical (unpaired) electrons. The number of benzene rings is 1. The number of amides is 1. The van der Waals surface area contributed by atoms with Crippen molar-refractivity contribution in [3.8, 4) is 11.4 Å². The summed E-state index contributed by atoms with van der Waals surface area (Å²) in [4.78, 5) is 18.5. The third-order valence-electron chi connectivity index (χ3n) is 5.98. The summed E-state index contributed by atoms with van der Waals surface area (Å²) in [5.74, 6) is -1.10. The molecular formula is C23H26F2N6O2. The van der Waals surface area contributed by atoms with E-state index in [4.69, 9.17) is 0 Å². The van der Waals surface area contributed by atoms with Gasteiger partial charge < -0.3 is 10.4 Å².